The van der Waals surface area contributed by atoms with E-state index in [2.05, 4.69) is 15.3 Å². The Labute approximate surface area is 144 Å². The third-order valence-electron chi connectivity index (χ3n) is 3.29. The smallest absolute Gasteiger partial charge is 0.255 e. The van der Waals surface area contributed by atoms with Gasteiger partial charge in [-0.2, -0.15) is 0 Å². The number of rotatable bonds is 4. The van der Waals surface area contributed by atoms with Crippen LogP contribution in [-0.4, -0.2) is 15.9 Å². The molecule has 0 fully saturated rings. The average Bonchev–Trinajstić information content (AvgIpc) is 2.60. The molecule has 0 bridgehead atoms. The predicted molar refractivity (Wildman–Crippen MR) is 92.7 cm³/mol. The summed E-state index contributed by atoms with van der Waals surface area (Å²) in [7, 11) is 0. The predicted octanol–water partition coefficient (Wildman–Crippen LogP) is 4.48. The lowest BCUT2D eigenvalue weighted by Crippen LogP contribution is -2.11. The molecule has 6 heteroatoms. The highest BCUT2D eigenvalue weighted by atomic mass is 35.5. The first-order chi connectivity index (χ1) is 11.6. The van der Waals surface area contributed by atoms with Gasteiger partial charge in [0.15, 0.2) is 0 Å². The second-order valence-corrected chi connectivity index (χ2v) is 5.52. The highest BCUT2D eigenvalue weighted by molar-refractivity contribution is 6.30. The van der Waals surface area contributed by atoms with Crippen LogP contribution in [0, 0.1) is 6.92 Å². The maximum atomic E-state index is 12.1. The van der Waals surface area contributed by atoms with Gasteiger partial charge in [-0.1, -0.05) is 11.6 Å². The normalized spacial score (nSPS) is 10.2. The van der Waals surface area contributed by atoms with Gasteiger partial charge in [-0.25, -0.2) is 4.98 Å². The maximum Gasteiger partial charge on any atom is 0.255 e. The molecular formula is C18H14ClN3O2. The molecule has 0 aliphatic rings. The molecule has 1 aromatic carbocycles. The van der Waals surface area contributed by atoms with Gasteiger partial charge < -0.3 is 10.1 Å². The Kier molecular flexibility index (Phi) is 4.72. The van der Waals surface area contributed by atoms with Crippen molar-refractivity contribution in [2.24, 2.45) is 0 Å². The molecule has 1 N–H and O–H groups in total. The third kappa shape index (κ3) is 3.88. The lowest BCUT2D eigenvalue weighted by Gasteiger charge is -2.09. The molecule has 0 saturated heterocycles. The standard InChI is InChI=1S/C18H14ClN3O2/c1-12-10-14(19)2-4-16(12)24-17-5-3-15(11-21-17)22-18(23)13-6-8-20-9-7-13/h2-11H,1H3,(H,22,23). The van der Waals surface area contributed by atoms with Crippen LogP contribution in [0.4, 0.5) is 5.69 Å². The van der Waals surface area contributed by atoms with Gasteiger partial charge in [0.2, 0.25) is 5.88 Å². The second-order valence-electron chi connectivity index (χ2n) is 5.09. The summed E-state index contributed by atoms with van der Waals surface area (Å²) in [5.74, 6) is 0.893. The Hall–Kier alpha value is -2.92. The summed E-state index contributed by atoms with van der Waals surface area (Å²) in [5.41, 5.74) is 2.03. The first-order valence-corrected chi connectivity index (χ1v) is 7.61. The number of hydrogen-bond acceptors (Lipinski definition) is 4. The van der Waals surface area contributed by atoms with Crippen LogP contribution in [0.5, 0.6) is 11.6 Å². The van der Waals surface area contributed by atoms with Crippen LogP contribution in [0.15, 0.2) is 61.1 Å². The number of hydrogen-bond donors (Lipinski definition) is 1. The molecule has 2 aromatic heterocycles. The van der Waals surface area contributed by atoms with Gasteiger partial charge in [-0.05, 0) is 48.9 Å². The van der Waals surface area contributed by atoms with E-state index in [1.54, 1.807) is 55.0 Å². The summed E-state index contributed by atoms with van der Waals surface area (Å²) in [4.78, 5) is 20.1. The minimum absolute atomic E-state index is 0.221. The topological polar surface area (TPSA) is 64.1 Å². The number of aromatic nitrogens is 2. The molecule has 3 rings (SSSR count). The highest BCUT2D eigenvalue weighted by Crippen LogP contribution is 2.26. The van der Waals surface area contributed by atoms with Crippen molar-refractivity contribution >= 4 is 23.2 Å². The fraction of sp³-hybridized carbons (Fsp3) is 0.0556. The lowest BCUT2D eigenvalue weighted by molar-refractivity contribution is 0.102. The van der Waals surface area contributed by atoms with Crippen molar-refractivity contribution in [3.8, 4) is 11.6 Å². The fourth-order valence-corrected chi connectivity index (χ4v) is 2.29. The number of pyridine rings is 2. The van der Waals surface area contributed by atoms with E-state index in [9.17, 15) is 4.79 Å². The zero-order valence-corrected chi connectivity index (χ0v) is 13.6. The average molecular weight is 340 g/mol. The molecule has 24 heavy (non-hydrogen) atoms. The lowest BCUT2D eigenvalue weighted by atomic mass is 10.2. The van der Waals surface area contributed by atoms with Crippen LogP contribution in [0.3, 0.4) is 0 Å². The Bertz CT molecular complexity index is 852. The van der Waals surface area contributed by atoms with Crippen molar-refractivity contribution in [2.75, 3.05) is 5.32 Å². The van der Waals surface area contributed by atoms with Crippen LogP contribution in [0.1, 0.15) is 15.9 Å². The molecule has 0 aliphatic heterocycles. The van der Waals surface area contributed by atoms with E-state index in [1.165, 1.54) is 0 Å². The van der Waals surface area contributed by atoms with Gasteiger partial charge in [0.1, 0.15) is 5.75 Å². The van der Waals surface area contributed by atoms with E-state index in [0.717, 1.165) is 5.56 Å². The number of carbonyl (C=O) groups is 1. The van der Waals surface area contributed by atoms with Crippen LogP contribution in [-0.2, 0) is 0 Å². The monoisotopic (exact) mass is 339 g/mol. The fourth-order valence-electron chi connectivity index (χ4n) is 2.06. The zero-order valence-electron chi connectivity index (χ0n) is 12.9. The van der Waals surface area contributed by atoms with E-state index in [4.69, 9.17) is 16.3 Å². The molecule has 0 saturated carbocycles. The number of benzene rings is 1. The van der Waals surface area contributed by atoms with Gasteiger partial charge >= 0.3 is 0 Å². The number of amides is 1. The maximum absolute atomic E-state index is 12.1. The number of nitrogens with zero attached hydrogens (tertiary/aromatic N) is 2. The Morgan fingerprint density at radius 3 is 2.58 bits per heavy atom. The first-order valence-electron chi connectivity index (χ1n) is 7.23. The third-order valence-corrected chi connectivity index (χ3v) is 3.52. The van der Waals surface area contributed by atoms with Crippen molar-refractivity contribution < 1.29 is 9.53 Å². The quantitative estimate of drug-likeness (QED) is 0.761. The summed E-state index contributed by atoms with van der Waals surface area (Å²) < 4.78 is 5.72. The molecule has 0 spiro atoms. The molecule has 0 aliphatic carbocycles. The molecular weight excluding hydrogens is 326 g/mol. The Morgan fingerprint density at radius 1 is 1.12 bits per heavy atom. The second kappa shape index (κ2) is 7.10. The van der Waals surface area contributed by atoms with E-state index in [0.29, 0.717) is 27.9 Å². The zero-order chi connectivity index (χ0) is 16.9. The number of anilines is 1. The Morgan fingerprint density at radius 2 is 1.92 bits per heavy atom. The minimum Gasteiger partial charge on any atom is -0.439 e. The number of ether oxygens (including phenoxy) is 1. The van der Waals surface area contributed by atoms with E-state index in [-0.39, 0.29) is 5.91 Å². The molecule has 0 unspecified atom stereocenters. The summed E-state index contributed by atoms with van der Waals surface area (Å²) in [5, 5.41) is 3.42. The van der Waals surface area contributed by atoms with Gasteiger partial charge in [-0.15, -0.1) is 0 Å². The molecule has 120 valence electrons. The van der Waals surface area contributed by atoms with Gasteiger partial charge in [-0.3, -0.25) is 9.78 Å². The van der Waals surface area contributed by atoms with E-state index in [1.807, 2.05) is 13.0 Å². The number of halogens is 1. The first kappa shape index (κ1) is 16.0. The summed E-state index contributed by atoms with van der Waals surface area (Å²) in [6.07, 6.45) is 4.68. The summed E-state index contributed by atoms with van der Waals surface area (Å²) >= 11 is 5.92. The van der Waals surface area contributed by atoms with Crippen molar-refractivity contribution in [3.05, 3.63) is 77.2 Å². The van der Waals surface area contributed by atoms with Crippen LogP contribution in [0.2, 0.25) is 5.02 Å². The Balaban J connectivity index is 1.68. The summed E-state index contributed by atoms with van der Waals surface area (Å²) in [6.45, 7) is 1.91. The number of aryl methyl sites for hydroxylation is 1. The van der Waals surface area contributed by atoms with Gasteiger partial charge in [0.25, 0.3) is 5.91 Å². The van der Waals surface area contributed by atoms with Crippen molar-refractivity contribution in [1.29, 1.82) is 0 Å². The van der Waals surface area contributed by atoms with E-state index < -0.39 is 0 Å². The largest absolute Gasteiger partial charge is 0.439 e. The molecule has 2 heterocycles. The summed E-state index contributed by atoms with van der Waals surface area (Å²) in [6, 6.07) is 12.1. The van der Waals surface area contributed by atoms with Crippen LogP contribution < -0.4 is 10.1 Å². The van der Waals surface area contributed by atoms with Crippen molar-refractivity contribution in [3.63, 3.8) is 0 Å². The molecule has 5 nitrogen and oxygen atoms in total. The van der Waals surface area contributed by atoms with E-state index >= 15 is 0 Å². The molecule has 1 amide bonds. The van der Waals surface area contributed by atoms with Crippen molar-refractivity contribution in [1.82, 2.24) is 9.97 Å². The molecule has 0 radical (unpaired) electrons. The van der Waals surface area contributed by atoms with Crippen LogP contribution >= 0.6 is 11.6 Å². The number of carbonyl (C=O) groups excluding carboxylic acids is 1. The number of nitrogens with one attached hydrogen (secondary N) is 1. The highest BCUT2D eigenvalue weighted by Gasteiger charge is 2.07. The van der Waals surface area contributed by atoms with Crippen LogP contribution in [0.25, 0.3) is 0 Å². The van der Waals surface area contributed by atoms with Gasteiger partial charge in [0.05, 0.1) is 11.9 Å². The SMILES string of the molecule is Cc1cc(Cl)ccc1Oc1ccc(NC(=O)c2ccncc2)cn1. The molecule has 3 aromatic rings. The minimum atomic E-state index is -0.221. The molecule has 0 atom stereocenters. The van der Waals surface area contributed by atoms with Crippen molar-refractivity contribution in [2.45, 2.75) is 6.92 Å². The van der Waals surface area contributed by atoms with Gasteiger partial charge in [0, 0.05) is 29.0 Å².